The quantitative estimate of drug-likeness (QED) is 0.681. The number of rotatable bonds is 0. The number of anilines is 1. The van der Waals surface area contributed by atoms with Crippen LogP contribution in [0.25, 0.3) is 0 Å². The molecule has 1 aromatic rings. The second kappa shape index (κ2) is 2.42. The molecule has 0 spiro atoms. The van der Waals surface area contributed by atoms with E-state index in [0.29, 0.717) is 3.57 Å². The fraction of sp³-hybridized carbons (Fsp3) is 0. The summed E-state index contributed by atoms with van der Waals surface area (Å²) in [6, 6.07) is 1.42. The fourth-order valence-corrected chi connectivity index (χ4v) is 0.795. The van der Waals surface area contributed by atoms with E-state index in [1.807, 2.05) is 0 Å². The van der Waals surface area contributed by atoms with Crippen LogP contribution in [0.3, 0.4) is 0 Å². The summed E-state index contributed by atoms with van der Waals surface area (Å²) in [5.41, 5.74) is 5.18. The maximum Gasteiger partial charge on any atom is 0.246 e. The van der Waals surface area contributed by atoms with Crippen molar-refractivity contribution in [2.45, 2.75) is 0 Å². The van der Waals surface area contributed by atoms with Gasteiger partial charge < -0.3 is 5.73 Å². The largest absolute Gasteiger partial charge is 0.382 e. The first kappa shape index (κ1) is 6.66. The van der Waals surface area contributed by atoms with Crippen LogP contribution in [-0.2, 0) is 0 Å². The van der Waals surface area contributed by atoms with Crippen molar-refractivity contribution >= 4 is 28.4 Å². The van der Waals surface area contributed by atoms with E-state index in [0.717, 1.165) is 0 Å². The van der Waals surface area contributed by atoms with Crippen LogP contribution in [-0.4, -0.2) is 10.2 Å². The molecule has 3 nitrogen and oxygen atoms in total. The third-order valence-electron chi connectivity index (χ3n) is 0.725. The molecule has 0 amide bonds. The Morgan fingerprint density at radius 3 is 2.67 bits per heavy atom. The van der Waals surface area contributed by atoms with Gasteiger partial charge in [-0.25, -0.2) is 0 Å². The van der Waals surface area contributed by atoms with E-state index >= 15 is 0 Å². The molecule has 0 aliphatic heterocycles. The molecule has 0 aliphatic rings. The molecule has 2 N–H and O–H groups in total. The molecule has 5 heteroatoms. The molecule has 0 aromatic carbocycles. The molecule has 48 valence electrons. The van der Waals surface area contributed by atoms with Crippen LogP contribution in [0.4, 0.5) is 10.2 Å². The van der Waals surface area contributed by atoms with Gasteiger partial charge in [-0.15, -0.1) is 10.2 Å². The maximum absolute atomic E-state index is 12.3. The summed E-state index contributed by atoms with van der Waals surface area (Å²) in [5, 5.41) is 6.42. The number of hydrogen-bond acceptors (Lipinski definition) is 3. The summed E-state index contributed by atoms with van der Waals surface area (Å²) in [7, 11) is 0. The highest BCUT2D eigenvalue weighted by Crippen LogP contribution is 2.07. The highest BCUT2D eigenvalue weighted by molar-refractivity contribution is 14.1. The van der Waals surface area contributed by atoms with Crippen LogP contribution in [0.2, 0.25) is 0 Å². The summed E-state index contributed by atoms with van der Waals surface area (Å²) >= 11 is 1.79. The van der Waals surface area contributed by atoms with Gasteiger partial charge in [0.2, 0.25) is 5.95 Å². The van der Waals surface area contributed by atoms with Gasteiger partial charge in [0.15, 0.2) is 0 Å². The monoisotopic (exact) mass is 239 g/mol. The predicted octanol–water partition coefficient (Wildman–Crippen LogP) is 0.803. The van der Waals surface area contributed by atoms with Gasteiger partial charge in [-0.1, -0.05) is 0 Å². The van der Waals surface area contributed by atoms with Gasteiger partial charge in [0.1, 0.15) is 5.82 Å². The van der Waals surface area contributed by atoms with Gasteiger partial charge in [-0.05, 0) is 22.6 Å². The third-order valence-corrected chi connectivity index (χ3v) is 1.48. The van der Waals surface area contributed by atoms with Gasteiger partial charge in [-0.2, -0.15) is 4.39 Å². The predicted molar refractivity (Wildman–Crippen MR) is 39.1 cm³/mol. The molecule has 1 aromatic heterocycles. The summed E-state index contributed by atoms with van der Waals surface area (Å²) in [6.45, 7) is 0. The number of aromatic nitrogens is 2. The average molecular weight is 239 g/mol. The van der Waals surface area contributed by atoms with Gasteiger partial charge in [-0.3, -0.25) is 0 Å². The van der Waals surface area contributed by atoms with Crippen molar-refractivity contribution in [3.8, 4) is 0 Å². The average Bonchev–Trinajstić information content (AvgIpc) is 1.80. The molecule has 0 fully saturated rings. The molecule has 0 aliphatic carbocycles. The van der Waals surface area contributed by atoms with E-state index in [-0.39, 0.29) is 5.82 Å². The van der Waals surface area contributed by atoms with Crippen LogP contribution in [0, 0.1) is 9.52 Å². The van der Waals surface area contributed by atoms with E-state index in [9.17, 15) is 4.39 Å². The van der Waals surface area contributed by atoms with Gasteiger partial charge in [0, 0.05) is 6.07 Å². The fourth-order valence-electron chi connectivity index (χ4n) is 0.368. The third kappa shape index (κ3) is 1.47. The van der Waals surface area contributed by atoms with Crippen LogP contribution < -0.4 is 5.73 Å². The van der Waals surface area contributed by atoms with Crippen LogP contribution in [0.15, 0.2) is 6.07 Å². The molecule has 1 heterocycles. The van der Waals surface area contributed by atoms with E-state index in [4.69, 9.17) is 5.73 Å². The molecular formula is C4H3FIN3. The maximum atomic E-state index is 12.3. The zero-order valence-electron chi connectivity index (χ0n) is 4.31. The minimum atomic E-state index is -0.579. The van der Waals surface area contributed by atoms with Crippen molar-refractivity contribution in [2.75, 3.05) is 5.73 Å². The van der Waals surface area contributed by atoms with E-state index in [1.165, 1.54) is 6.07 Å². The number of nitrogens with two attached hydrogens (primary N) is 1. The van der Waals surface area contributed by atoms with E-state index in [2.05, 4.69) is 10.2 Å². The first-order valence-corrected chi connectivity index (χ1v) is 3.22. The highest BCUT2D eigenvalue weighted by Gasteiger charge is 1.98. The van der Waals surface area contributed by atoms with E-state index < -0.39 is 5.95 Å². The zero-order valence-corrected chi connectivity index (χ0v) is 6.46. The Labute approximate surface area is 64.6 Å². The Morgan fingerprint density at radius 2 is 2.22 bits per heavy atom. The lowest BCUT2D eigenvalue weighted by Crippen LogP contribution is -1.97. The Balaban J connectivity index is 3.17. The summed E-state index contributed by atoms with van der Waals surface area (Å²) in [4.78, 5) is 0. The molecule has 0 saturated heterocycles. The molecule has 0 bridgehead atoms. The van der Waals surface area contributed by atoms with Crippen molar-refractivity contribution in [1.29, 1.82) is 0 Å². The second-order valence-corrected chi connectivity index (χ2v) is 2.57. The molecule has 9 heavy (non-hydrogen) atoms. The van der Waals surface area contributed by atoms with Gasteiger partial charge >= 0.3 is 0 Å². The lowest BCUT2D eigenvalue weighted by molar-refractivity contribution is 0.556. The number of hydrogen-bond donors (Lipinski definition) is 1. The van der Waals surface area contributed by atoms with E-state index in [1.54, 1.807) is 22.6 Å². The minimum Gasteiger partial charge on any atom is -0.382 e. The Morgan fingerprint density at radius 1 is 1.56 bits per heavy atom. The number of nitrogens with zero attached hydrogens (tertiary/aromatic N) is 2. The smallest absolute Gasteiger partial charge is 0.246 e. The Hall–Kier alpha value is -0.460. The van der Waals surface area contributed by atoms with Crippen molar-refractivity contribution in [3.63, 3.8) is 0 Å². The SMILES string of the molecule is Nc1cc(I)c(F)nn1. The molecule has 0 unspecified atom stereocenters. The van der Waals surface area contributed by atoms with Crippen LogP contribution >= 0.6 is 22.6 Å². The first-order chi connectivity index (χ1) is 4.20. The van der Waals surface area contributed by atoms with Crippen molar-refractivity contribution in [2.24, 2.45) is 0 Å². The summed E-state index contributed by atoms with van der Waals surface area (Å²) < 4.78 is 12.7. The topological polar surface area (TPSA) is 51.8 Å². The number of nitrogen functional groups attached to an aromatic ring is 1. The van der Waals surface area contributed by atoms with Crippen molar-refractivity contribution in [3.05, 3.63) is 15.6 Å². The standard InChI is InChI=1S/C4H3FIN3/c5-4-2(6)1-3(7)8-9-4/h1H,(H2,7,8). The van der Waals surface area contributed by atoms with Gasteiger partial charge in [0.05, 0.1) is 3.57 Å². The lowest BCUT2D eigenvalue weighted by atomic mass is 10.5. The normalized spacial score (nSPS) is 9.56. The molecule has 0 atom stereocenters. The highest BCUT2D eigenvalue weighted by atomic mass is 127. The summed E-state index contributed by atoms with van der Waals surface area (Å²) in [6.07, 6.45) is 0. The first-order valence-electron chi connectivity index (χ1n) is 2.14. The van der Waals surface area contributed by atoms with Crippen LogP contribution in [0.5, 0.6) is 0 Å². The molecule has 0 saturated carbocycles. The molecule has 1 rings (SSSR count). The van der Waals surface area contributed by atoms with Crippen molar-refractivity contribution in [1.82, 2.24) is 10.2 Å². The minimum absolute atomic E-state index is 0.237. The van der Waals surface area contributed by atoms with Crippen LogP contribution in [0.1, 0.15) is 0 Å². The molecule has 0 radical (unpaired) electrons. The van der Waals surface area contributed by atoms with Gasteiger partial charge in [0.25, 0.3) is 0 Å². The second-order valence-electron chi connectivity index (χ2n) is 1.41. The number of halogens is 2. The Kier molecular flexibility index (Phi) is 1.79. The Bertz CT molecular complexity index is 227. The lowest BCUT2D eigenvalue weighted by Gasteiger charge is -1.91. The molecular weight excluding hydrogens is 236 g/mol. The zero-order chi connectivity index (χ0) is 6.85. The summed E-state index contributed by atoms with van der Waals surface area (Å²) in [5.74, 6) is -0.342. The van der Waals surface area contributed by atoms with Crippen molar-refractivity contribution < 1.29 is 4.39 Å².